The standard InChI is InChI=1S/C26H23F6O3S/c1-24(15-5-6-16-24)34-23-17-21(13-14-22(23)35-26(30,31)32)36(19-7-3-2-4-8-19)20-11-9-18(10-12-20)33-25(27,28)29/h2-4,7-14,17H,5-6,15-16H2,1H3/q+1. The van der Waals surface area contributed by atoms with Crippen LogP contribution in [0.25, 0.3) is 0 Å². The summed E-state index contributed by atoms with van der Waals surface area (Å²) < 4.78 is 91.5. The van der Waals surface area contributed by atoms with Gasteiger partial charge in [0.05, 0.1) is 10.9 Å². The van der Waals surface area contributed by atoms with E-state index in [1.807, 2.05) is 37.3 Å². The molecule has 3 aromatic rings. The lowest BCUT2D eigenvalue weighted by Crippen LogP contribution is -2.29. The maximum absolute atomic E-state index is 13.1. The van der Waals surface area contributed by atoms with Gasteiger partial charge in [-0.3, -0.25) is 0 Å². The first-order valence-electron chi connectivity index (χ1n) is 11.1. The minimum atomic E-state index is -4.90. The second kappa shape index (κ2) is 10.2. The van der Waals surface area contributed by atoms with Crippen molar-refractivity contribution in [2.75, 3.05) is 0 Å². The molecule has 0 saturated heterocycles. The molecule has 10 heteroatoms. The van der Waals surface area contributed by atoms with Gasteiger partial charge in [0, 0.05) is 6.07 Å². The Morgan fingerprint density at radius 2 is 1.22 bits per heavy atom. The SMILES string of the molecule is CC1(Oc2cc([S+](c3ccccc3)c3ccc(OC(F)(F)F)cc3)ccc2OC(F)(F)F)CCCC1. The first kappa shape index (κ1) is 26.1. The highest BCUT2D eigenvalue weighted by molar-refractivity contribution is 7.97. The van der Waals surface area contributed by atoms with Gasteiger partial charge in [-0.15, -0.1) is 26.3 Å². The highest BCUT2D eigenvalue weighted by Crippen LogP contribution is 2.43. The average molecular weight is 530 g/mol. The lowest BCUT2D eigenvalue weighted by atomic mass is 10.1. The fourth-order valence-corrected chi connectivity index (χ4v) is 6.22. The summed E-state index contributed by atoms with van der Waals surface area (Å²) in [7, 11) is -0.858. The molecule has 0 N–H and O–H groups in total. The topological polar surface area (TPSA) is 27.7 Å². The van der Waals surface area contributed by atoms with Crippen LogP contribution in [0.3, 0.4) is 0 Å². The molecule has 0 bridgehead atoms. The average Bonchev–Trinajstić information content (AvgIpc) is 3.22. The second-order valence-electron chi connectivity index (χ2n) is 8.55. The third-order valence-corrected chi connectivity index (χ3v) is 7.88. The van der Waals surface area contributed by atoms with Crippen molar-refractivity contribution in [1.29, 1.82) is 0 Å². The molecule has 1 saturated carbocycles. The summed E-state index contributed by atoms with van der Waals surface area (Å²) in [4.78, 5) is 2.10. The number of halogens is 6. The zero-order valence-electron chi connectivity index (χ0n) is 19.2. The largest absolute Gasteiger partial charge is 0.573 e. The smallest absolute Gasteiger partial charge is 0.483 e. The van der Waals surface area contributed by atoms with Crippen molar-refractivity contribution in [3.05, 3.63) is 72.8 Å². The van der Waals surface area contributed by atoms with Crippen molar-refractivity contribution in [1.82, 2.24) is 0 Å². The van der Waals surface area contributed by atoms with Crippen LogP contribution in [0.15, 0.2) is 87.5 Å². The molecule has 0 heterocycles. The summed E-state index contributed by atoms with van der Waals surface area (Å²) in [5.41, 5.74) is -0.621. The number of benzene rings is 3. The van der Waals surface area contributed by atoms with Gasteiger partial charge in [0.1, 0.15) is 11.4 Å². The van der Waals surface area contributed by atoms with E-state index in [2.05, 4.69) is 9.47 Å². The summed E-state index contributed by atoms with van der Waals surface area (Å²) in [6.07, 6.45) is -6.49. The van der Waals surface area contributed by atoms with Crippen LogP contribution in [-0.2, 0) is 10.9 Å². The van der Waals surface area contributed by atoms with Crippen LogP contribution >= 0.6 is 0 Å². The highest BCUT2D eigenvalue weighted by atomic mass is 32.2. The molecule has 1 atom stereocenters. The molecule has 4 rings (SSSR count). The van der Waals surface area contributed by atoms with Gasteiger partial charge < -0.3 is 14.2 Å². The number of hydrogen-bond acceptors (Lipinski definition) is 3. The Hall–Kier alpha value is -3.01. The molecular weight excluding hydrogens is 506 g/mol. The zero-order chi connectivity index (χ0) is 26.0. The van der Waals surface area contributed by atoms with Crippen LogP contribution in [0, 0.1) is 0 Å². The Morgan fingerprint density at radius 3 is 1.81 bits per heavy atom. The molecule has 1 unspecified atom stereocenters. The molecule has 3 aromatic carbocycles. The summed E-state index contributed by atoms with van der Waals surface area (Å²) in [6, 6.07) is 18.9. The molecule has 0 radical (unpaired) electrons. The van der Waals surface area contributed by atoms with Crippen LogP contribution in [0.1, 0.15) is 32.6 Å². The van der Waals surface area contributed by atoms with Gasteiger partial charge in [0.15, 0.2) is 26.2 Å². The van der Waals surface area contributed by atoms with E-state index in [4.69, 9.17) is 4.74 Å². The summed E-state index contributed by atoms with van der Waals surface area (Å²) >= 11 is 0. The minimum Gasteiger partial charge on any atom is -0.483 e. The van der Waals surface area contributed by atoms with E-state index in [0.29, 0.717) is 22.6 Å². The molecule has 1 aliphatic carbocycles. The Labute approximate surface area is 207 Å². The van der Waals surface area contributed by atoms with E-state index in [9.17, 15) is 26.3 Å². The Morgan fingerprint density at radius 1 is 0.667 bits per heavy atom. The van der Waals surface area contributed by atoms with E-state index in [1.54, 1.807) is 0 Å². The molecule has 3 nitrogen and oxygen atoms in total. The molecule has 36 heavy (non-hydrogen) atoms. The van der Waals surface area contributed by atoms with E-state index in [1.165, 1.54) is 42.5 Å². The highest BCUT2D eigenvalue weighted by Gasteiger charge is 2.38. The quantitative estimate of drug-likeness (QED) is 0.228. The van der Waals surface area contributed by atoms with Crippen molar-refractivity contribution in [3.63, 3.8) is 0 Å². The maximum Gasteiger partial charge on any atom is 0.573 e. The van der Waals surface area contributed by atoms with E-state index in [-0.39, 0.29) is 11.5 Å². The third-order valence-electron chi connectivity index (χ3n) is 5.67. The molecule has 0 aliphatic heterocycles. The molecule has 0 aromatic heterocycles. The first-order chi connectivity index (χ1) is 16.9. The van der Waals surface area contributed by atoms with E-state index >= 15 is 0 Å². The van der Waals surface area contributed by atoms with Gasteiger partial charge in [-0.1, -0.05) is 18.2 Å². The fraction of sp³-hybridized carbons (Fsp3) is 0.308. The summed E-state index contributed by atoms with van der Waals surface area (Å²) in [6.45, 7) is 1.86. The van der Waals surface area contributed by atoms with Crippen LogP contribution in [0.4, 0.5) is 26.3 Å². The van der Waals surface area contributed by atoms with Crippen molar-refractivity contribution in [3.8, 4) is 17.2 Å². The monoisotopic (exact) mass is 529 g/mol. The summed E-state index contributed by atoms with van der Waals surface area (Å²) in [5, 5.41) is 0. The van der Waals surface area contributed by atoms with Crippen molar-refractivity contribution >= 4 is 10.9 Å². The second-order valence-corrected chi connectivity index (χ2v) is 10.6. The van der Waals surface area contributed by atoms with Gasteiger partial charge in [-0.05, 0) is 81.1 Å². The Kier molecular flexibility index (Phi) is 7.36. The Bertz CT molecular complexity index is 1160. The molecule has 192 valence electrons. The van der Waals surface area contributed by atoms with Crippen molar-refractivity contribution < 1.29 is 40.6 Å². The van der Waals surface area contributed by atoms with Gasteiger partial charge in [-0.25, -0.2) is 0 Å². The fourth-order valence-electron chi connectivity index (χ4n) is 4.14. The number of ether oxygens (including phenoxy) is 3. The molecular formula is C26H23F6O3S+. The minimum absolute atomic E-state index is 0.0281. The van der Waals surface area contributed by atoms with Crippen LogP contribution in [0.2, 0.25) is 0 Å². The number of alkyl halides is 6. The zero-order valence-corrected chi connectivity index (χ0v) is 20.0. The maximum atomic E-state index is 13.1. The van der Waals surface area contributed by atoms with Gasteiger partial charge in [-0.2, -0.15) is 0 Å². The summed E-state index contributed by atoms with van der Waals surface area (Å²) in [5.74, 6) is -0.834. The van der Waals surface area contributed by atoms with E-state index in [0.717, 1.165) is 17.7 Å². The van der Waals surface area contributed by atoms with Crippen LogP contribution in [0.5, 0.6) is 17.2 Å². The number of hydrogen-bond donors (Lipinski definition) is 0. The molecule has 1 fully saturated rings. The van der Waals surface area contributed by atoms with Crippen LogP contribution < -0.4 is 14.2 Å². The van der Waals surface area contributed by atoms with Crippen molar-refractivity contribution in [2.45, 2.75) is 65.6 Å². The molecule has 0 amide bonds. The molecule has 1 aliphatic rings. The van der Waals surface area contributed by atoms with Gasteiger partial charge in [0.2, 0.25) is 0 Å². The third kappa shape index (κ3) is 6.81. The van der Waals surface area contributed by atoms with Gasteiger partial charge in [0.25, 0.3) is 0 Å². The lowest BCUT2D eigenvalue weighted by molar-refractivity contribution is -0.276. The van der Waals surface area contributed by atoms with Crippen molar-refractivity contribution in [2.24, 2.45) is 0 Å². The predicted octanol–water partition coefficient (Wildman–Crippen LogP) is 8.29. The van der Waals surface area contributed by atoms with Crippen LogP contribution in [-0.4, -0.2) is 18.3 Å². The predicted molar refractivity (Wildman–Crippen MR) is 122 cm³/mol. The number of rotatable bonds is 7. The molecule has 0 spiro atoms. The van der Waals surface area contributed by atoms with Gasteiger partial charge >= 0.3 is 12.7 Å². The van der Waals surface area contributed by atoms with E-state index < -0.39 is 35.0 Å². The lowest BCUT2D eigenvalue weighted by Gasteiger charge is -2.27. The Balaban J connectivity index is 1.76. The normalized spacial score (nSPS) is 16.4. The first-order valence-corrected chi connectivity index (χ1v) is 12.4.